The Bertz CT molecular complexity index is 714. The van der Waals surface area contributed by atoms with Crippen molar-refractivity contribution in [3.05, 3.63) is 66.1 Å². The summed E-state index contributed by atoms with van der Waals surface area (Å²) in [6.45, 7) is 8.37. The van der Waals surface area contributed by atoms with E-state index in [1.54, 1.807) is 0 Å². The Morgan fingerprint density at radius 2 is 1.68 bits per heavy atom. The van der Waals surface area contributed by atoms with Crippen LogP contribution in [0.2, 0.25) is 0 Å². The maximum absolute atomic E-state index is 4.09. The maximum Gasteiger partial charge on any atom is 0.0497 e. The van der Waals surface area contributed by atoms with Crippen LogP contribution in [-0.4, -0.2) is 4.98 Å². The van der Waals surface area contributed by atoms with Gasteiger partial charge in [-0.15, -0.1) is 0 Å². The number of para-hydroxylation sites is 1. The highest BCUT2D eigenvalue weighted by molar-refractivity contribution is 5.91. The van der Waals surface area contributed by atoms with Crippen molar-refractivity contribution in [1.82, 2.24) is 4.98 Å². The van der Waals surface area contributed by atoms with Crippen molar-refractivity contribution in [2.45, 2.75) is 20.3 Å². The van der Waals surface area contributed by atoms with Gasteiger partial charge in [-0.2, -0.15) is 0 Å². The number of rotatable bonds is 2. The molecule has 3 rings (SSSR count). The summed E-state index contributed by atoms with van der Waals surface area (Å²) in [5.74, 6) is 0. The van der Waals surface area contributed by atoms with Gasteiger partial charge in [-0.3, -0.25) is 0 Å². The van der Waals surface area contributed by atoms with E-state index in [9.17, 15) is 0 Å². The van der Waals surface area contributed by atoms with E-state index in [-0.39, 0.29) is 0 Å². The number of benzene rings is 2. The summed E-state index contributed by atoms with van der Waals surface area (Å²) in [7, 11) is 0. The fourth-order valence-corrected chi connectivity index (χ4v) is 2.83. The predicted octanol–water partition coefficient (Wildman–Crippen LogP) is 4.83. The summed E-state index contributed by atoms with van der Waals surface area (Å²) in [6, 6.07) is 15.1. The Morgan fingerprint density at radius 1 is 1.00 bits per heavy atom. The Hall–Kier alpha value is -2.02. The van der Waals surface area contributed by atoms with Gasteiger partial charge in [0.05, 0.1) is 0 Å². The fraction of sp³-hybridized carbons (Fsp3) is 0.167. The molecule has 0 aliphatic heterocycles. The number of hydrogen-bond acceptors (Lipinski definition) is 0. The molecular formula is C18H18N. The first-order chi connectivity index (χ1) is 9.19. The number of H-pyrrole nitrogens is 1. The molecule has 2 aromatic carbocycles. The minimum Gasteiger partial charge on any atom is -0.354 e. The molecule has 1 nitrogen and oxygen atoms in total. The molecule has 0 saturated carbocycles. The standard InChI is InChI=1S/C18H18N/c1-4-15-16-7-5-6-8-17(16)19-18(15)14-10-12(2)9-13(3)11-14/h5-11,19H,1,4H2,2-3H3. The van der Waals surface area contributed by atoms with Crippen LogP contribution >= 0.6 is 0 Å². The molecule has 1 aromatic heterocycles. The zero-order chi connectivity index (χ0) is 13.4. The molecule has 95 valence electrons. The molecular weight excluding hydrogens is 230 g/mol. The summed E-state index contributed by atoms with van der Waals surface area (Å²) >= 11 is 0. The second-order valence-electron chi connectivity index (χ2n) is 5.15. The summed E-state index contributed by atoms with van der Waals surface area (Å²) in [5, 5.41) is 1.28. The first kappa shape index (κ1) is 12.0. The van der Waals surface area contributed by atoms with Gasteiger partial charge in [0.25, 0.3) is 0 Å². The van der Waals surface area contributed by atoms with Crippen LogP contribution in [0.25, 0.3) is 22.2 Å². The quantitative estimate of drug-likeness (QED) is 0.668. The van der Waals surface area contributed by atoms with Gasteiger partial charge in [0, 0.05) is 16.6 Å². The van der Waals surface area contributed by atoms with E-state index in [2.05, 4.69) is 68.2 Å². The van der Waals surface area contributed by atoms with Crippen molar-refractivity contribution >= 4 is 10.9 Å². The Morgan fingerprint density at radius 3 is 2.37 bits per heavy atom. The second-order valence-corrected chi connectivity index (χ2v) is 5.15. The largest absolute Gasteiger partial charge is 0.354 e. The van der Waals surface area contributed by atoms with Crippen molar-refractivity contribution < 1.29 is 0 Å². The number of aromatic amines is 1. The fourth-order valence-electron chi connectivity index (χ4n) is 2.83. The van der Waals surface area contributed by atoms with Crippen LogP contribution in [0.15, 0.2) is 42.5 Å². The molecule has 0 spiro atoms. The van der Waals surface area contributed by atoms with Crippen LogP contribution in [0, 0.1) is 20.8 Å². The molecule has 0 aliphatic rings. The van der Waals surface area contributed by atoms with Gasteiger partial charge >= 0.3 is 0 Å². The van der Waals surface area contributed by atoms with Gasteiger partial charge in [0.2, 0.25) is 0 Å². The van der Waals surface area contributed by atoms with Crippen LogP contribution < -0.4 is 0 Å². The third kappa shape index (κ3) is 2.06. The van der Waals surface area contributed by atoms with Crippen molar-refractivity contribution in [2.24, 2.45) is 0 Å². The van der Waals surface area contributed by atoms with E-state index in [4.69, 9.17) is 0 Å². The van der Waals surface area contributed by atoms with Gasteiger partial charge < -0.3 is 4.98 Å². The smallest absolute Gasteiger partial charge is 0.0497 e. The summed E-state index contributed by atoms with van der Waals surface area (Å²) in [6.07, 6.45) is 0.798. The summed E-state index contributed by atoms with van der Waals surface area (Å²) < 4.78 is 0. The van der Waals surface area contributed by atoms with Crippen LogP contribution in [0.1, 0.15) is 16.7 Å². The molecule has 0 bridgehead atoms. The van der Waals surface area contributed by atoms with E-state index < -0.39 is 0 Å². The van der Waals surface area contributed by atoms with Crippen molar-refractivity contribution in [3.63, 3.8) is 0 Å². The average molecular weight is 248 g/mol. The highest BCUT2D eigenvalue weighted by atomic mass is 14.7. The summed E-state index contributed by atoms with van der Waals surface area (Å²) in [5.41, 5.74) is 7.55. The number of hydrogen-bond donors (Lipinski definition) is 1. The lowest BCUT2D eigenvalue weighted by atomic mass is 10.00. The Balaban J connectivity index is 2.29. The topological polar surface area (TPSA) is 15.8 Å². The number of nitrogens with one attached hydrogen (secondary N) is 1. The lowest BCUT2D eigenvalue weighted by Crippen LogP contribution is -1.87. The normalized spacial score (nSPS) is 11.1. The van der Waals surface area contributed by atoms with Gasteiger partial charge in [-0.25, -0.2) is 0 Å². The maximum atomic E-state index is 4.09. The van der Waals surface area contributed by atoms with Gasteiger partial charge in [0.15, 0.2) is 0 Å². The zero-order valence-corrected chi connectivity index (χ0v) is 11.5. The predicted molar refractivity (Wildman–Crippen MR) is 82.3 cm³/mol. The highest BCUT2D eigenvalue weighted by Crippen LogP contribution is 2.31. The minimum atomic E-state index is 0.798. The zero-order valence-electron chi connectivity index (χ0n) is 11.5. The molecule has 0 saturated heterocycles. The van der Waals surface area contributed by atoms with Crippen LogP contribution in [0.5, 0.6) is 0 Å². The molecule has 1 heteroatoms. The summed E-state index contributed by atoms with van der Waals surface area (Å²) in [4.78, 5) is 3.55. The van der Waals surface area contributed by atoms with E-state index >= 15 is 0 Å². The van der Waals surface area contributed by atoms with Crippen molar-refractivity contribution in [2.75, 3.05) is 0 Å². The van der Waals surface area contributed by atoms with E-state index in [0.717, 1.165) is 6.42 Å². The number of aryl methyl sites for hydroxylation is 2. The number of fused-ring (bicyclic) bond motifs is 1. The molecule has 0 fully saturated rings. The molecule has 0 unspecified atom stereocenters. The van der Waals surface area contributed by atoms with Gasteiger partial charge in [0.1, 0.15) is 0 Å². The van der Waals surface area contributed by atoms with E-state index in [0.29, 0.717) is 0 Å². The highest BCUT2D eigenvalue weighted by Gasteiger charge is 2.11. The van der Waals surface area contributed by atoms with Crippen LogP contribution in [0.4, 0.5) is 0 Å². The van der Waals surface area contributed by atoms with E-state index in [1.807, 2.05) is 0 Å². The van der Waals surface area contributed by atoms with Crippen molar-refractivity contribution in [3.8, 4) is 11.3 Å². The Labute approximate surface area is 114 Å². The first-order valence-corrected chi connectivity index (χ1v) is 6.66. The molecule has 1 radical (unpaired) electrons. The van der Waals surface area contributed by atoms with Gasteiger partial charge in [-0.1, -0.05) is 35.4 Å². The molecule has 1 N–H and O–H groups in total. The first-order valence-electron chi connectivity index (χ1n) is 6.66. The Kier molecular flexibility index (Phi) is 2.90. The third-order valence-electron chi connectivity index (χ3n) is 3.57. The van der Waals surface area contributed by atoms with Crippen molar-refractivity contribution in [1.29, 1.82) is 0 Å². The minimum absolute atomic E-state index is 0.798. The SMILES string of the molecule is [CH2]Cc1c(-c2cc(C)cc(C)c2)[nH]c2ccccc12. The lowest BCUT2D eigenvalue weighted by Gasteiger charge is -2.06. The molecule has 0 aliphatic carbocycles. The van der Waals surface area contributed by atoms with Crippen LogP contribution in [0.3, 0.4) is 0 Å². The van der Waals surface area contributed by atoms with Gasteiger partial charge in [-0.05, 0) is 56.5 Å². The lowest BCUT2D eigenvalue weighted by molar-refractivity contribution is 1.28. The molecule has 1 heterocycles. The monoisotopic (exact) mass is 248 g/mol. The second kappa shape index (κ2) is 4.58. The molecule has 0 amide bonds. The number of aromatic nitrogens is 1. The average Bonchev–Trinajstić information content (AvgIpc) is 2.76. The molecule has 3 aromatic rings. The van der Waals surface area contributed by atoms with E-state index in [1.165, 1.54) is 38.9 Å². The molecule has 19 heavy (non-hydrogen) atoms. The van der Waals surface area contributed by atoms with Crippen LogP contribution in [-0.2, 0) is 6.42 Å². The third-order valence-corrected chi connectivity index (χ3v) is 3.57. The molecule has 0 atom stereocenters.